The summed E-state index contributed by atoms with van der Waals surface area (Å²) >= 11 is 0. The van der Waals surface area contributed by atoms with Crippen LogP contribution in [0, 0.1) is 11.3 Å². The van der Waals surface area contributed by atoms with Crippen LogP contribution in [0.2, 0.25) is 0 Å². The maximum Gasteiger partial charge on any atom is 0.257 e. The van der Waals surface area contributed by atoms with Crippen LogP contribution in [0.25, 0.3) is 22.2 Å². The van der Waals surface area contributed by atoms with Crippen LogP contribution in [0.4, 0.5) is 10.1 Å². The second-order valence-electron chi connectivity index (χ2n) is 6.58. The summed E-state index contributed by atoms with van der Waals surface area (Å²) in [6.45, 7) is -0.361. The maximum absolute atomic E-state index is 12.8. The first-order valence-corrected chi connectivity index (χ1v) is 8.68. The lowest BCUT2D eigenvalue weighted by molar-refractivity contribution is -0.114. The number of fused-ring (bicyclic) bond motifs is 2. The van der Waals surface area contributed by atoms with E-state index in [0.717, 1.165) is 22.2 Å². The Labute approximate surface area is 159 Å². The third kappa shape index (κ3) is 2.77. The first-order valence-electron chi connectivity index (χ1n) is 8.68. The van der Waals surface area contributed by atoms with Crippen LogP contribution in [0.3, 0.4) is 0 Å². The summed E-state index contributed by atoms with van der Waals surface area (Å²) in [7, 11) is 0. The molecular weight excluding hydrogens is 361 g/mol. The Bertz CT molecular complexity index is 1160. The number of hydrogen-bond acceptors (Lipinski definition) is 5. The standard InChI is InChI=1S/C20H16FN5O2/c21-5-6-25-11-24-17-4-1-12(7-18(17)25)14-2-3-16(23)19-15(14)10-26(20(19)28)9-13(27)8-22/h1-4,7,11H,5-6,9-10,23H2. The lowest BCUT2D eigenvalue weighted by Gasteiger charge is -2.12. The van der Waals surface area contributed by atoms with Gasteiger partial charge in [-0.1, -0.05) is 12.1 Å². The van der Waals surface area contributed by atoms with Gasteiger partial charge in [-0.15, -0.1) is 0 Å². The number of benzene rings is 2. The quantitative estimate of drug-likeness (QED) is 0.543. The molecule has 0 atom stereocenters. The highest BCUT2D eigenvalue weighted by Crippen LogP contribution is 2.36. The van der Waals surface area contributed by atoms with Gasteiger partial charge in [0.2, 0.25) is 0 Å². The lowest BCUT2D eigenvalue weighted by Crippen LogP contribution is -2.29. The van der Waals surface area contributed by atoms with Gasteiger partial charge in [0.25, 0.3) is 11.7 Å². The molecule has 2 N–H and O–H groups in total. The number of aromatic nitrogens is 2. The number of nitrogens with zero attached hydrogens (tertiary/aromatic N) is 4. The molecule has 0 radical (unpaired) electrons. The van der Waals surface area contributed by atoms with Gasteiger partial charge in [0.05, 0.1) is 36.0 Å². The SMILES string of the molecule is N#CC(=O)CN1Cc2c(-c3ccc4ncn(CCF)c4c3)ccc(N)c2C1=O. The van der Waals surface area contributed by atoms with E-state index in [1.165, 1.54) is 11.0 Å². The van der Waals surface area contributed by atoms with E-state index in [2.05, 4.69) is 4.98 Å². The van der Waals surface area contributed by atoms with Crippen molar-refractivity contribution in [3.8, 4) is 17.2 Å². The maximum atomic E-state index is 12.8. The summed E-state index contributed by atoms with van der Waals surface area (Å²) in [5.41, 5.74) is 10.6. The number of aryl methyl sites for hydroxylation is 1. The first kappa shape index (κ1) is 17.7. The van der Waals surface area contributed by atoms with Crippen molar-refractivity contribution in [3.63, 3.8) is 0 Å². The third-order valence-corrected chi connectivity index (χ3v) is 4.91. The van der Waals surface area contributed by atoms with Crippen LogP contribution in [0.5, 0.6) is 0 Å². The molecule has 1 aliphatic heterocycles. The molecule has 0 spiro atoms. The molecule has 2 heterocycles. The van der Waals surface area contributed by atoms with Gasteiger partial charge in [-0.2, -0.15) is 5.26 Å². The van der Waals surface area contributed by atoms with Crippen molar-refractivity contribution < 1.29 is 14.0 Å². The molecule has 0 fully saturated rings. The van der Waals surface area contributed by atoms with Gasteiger partial charge in [-0.25, -0.2) is 9.37 Å². The smallest absolute Gasteiger partial charge is 0.257 e. The molecule has 0 aliphatic carbocycles. The Balaban J connectivity index is 1.80. The predicted molar refractivity (Wildman–Crippen MR) is 101 cm³/mol. The first-order chi connectivity index (χ1) is 13.5. The molecule has 28 heavy (non-hydrogen) atoms. The molecule has 1 aromatic heterocycles. The van der Waals surface area contributed by atoms with Crippen molar-refractivity contribution in [1.82, 2.24) is 14.5 Å². The Morgan fingerprint density at radius 3 is 2.89 bits per heavy atom. The number of ketones is 1. The fraction of sp³-hybridized carbons (Fsp3) is 0.200. The van der Waals surface area contributed by atoms with Gasteiger partial charge in [0, 0.05) is 12.2 Å². The molecule has 1 amide bonds. The summed E-state index contributed by atoms with van der Waals surface area (Å²) in [6, 6.07) is 10.6. The fourth-order valence-corrected chi connectivity index (χ4v) is 3.60. The van der Waals surface area contributed by atoms with Crippen molar-refractivity contribution in [3.05, 3.63) is 47.8 Å². The second-order valence-corrected chi connectivity index (χ2v) is 6.58. The van der Waals surface area contributed by atoms with Crippen molar-refractivity contribution in [2.24, 2.45) is 0 Å². The largest absolute Gasteiger partial charge is 0.398 e. The van der Waals surface area contributed by atoms with Crippen LogP contribution >= 0.6 is 0 Å². The van der Waals surface area contributed by atoms with Gasteiger partial charge in [-0.3, -0.25) is 9.59 Å². The minimum atomic E-state index is -0.683. The summed E-state index contributed by atoms with van der Waals surface area (Å²) in [5.74, 6) is -1.04. The van der Waals surface area contributed by atoms with E-state index in [9.17, 15) is 14.0 Å². The monoisotopic (exact) mass is 377 g/mol. The molecular formula is C20H16FN5O2. The van der Waals surface area contributed by atoms with Crippen LogP contribution in [0.1, 0.15) is 15.9 Å². The lowest BCUT2D eigenvalue weighted by atomic mass is 9.95. The topological polar surface area (TPSA) is 105 Å². The zero-order valence-electron chi connectivity index (χ0n) is 14.9. The molecule has 2 aromatic carbocycles. The van der Waals surface area contributed by atoms with Crippen molar-refractivity contribution >= 4 is 28.4 Å². The number of nitrogen functional groups attached to an aromatic ring is 1. The fourth-order valence-electron chi connectivity index (χ4n) is 3.60. The summed E-state index contributed by atoms with van der Waals surface area (Å²) in [4.78, 5) is 29.8. The van der Waals surface area contributed by atoms with Gasteiger partial charge in [0.15, 0.2) is 0 Å². The van der Waals surface area contributed by atoms with Crippen molar-refractivity contribution in [2.45, 2.75) is 13.1 Å². The normalized spacial score (nSPS) is 13.0. The number of amides is 1. The van der Waals surface area contributed by atoms with E-state index in [0.29, 0.717) is 16.8 Å². The van der Waals surface area contributed by atoms with E-state index in [1.54, 1.807) is 17.0 Å². The summed E-state index contributed by atoms with van der Waals surface area (Å²) in [5, 5.41) is 8.74. The minimum Gasteiger partial charge on any atom is -0.398 e. The van der Waals surface area contributed by atoms with E-state index < -0.39 is 12.5 Å². The van der Waals surface area contributed by atoms with Crippen molar-refractivity contribution in [1.29, 1.82) is 5.26 Å². The zero-order valence-corrected chi connectivity index (χ0v) is 14.9. The number of alkyl halides is 1. The molecule has 3 aromatic rings. The second kappa shape index (κ2) is 6.78. The van der Waals surface area contributed by atoms with Gasteiger partial charge < -0.3 is 15.2 Å². The molecule has 0 unspecified atom stereocenters. The number of rotatable bonds is 5. The van der Waals surface area contributed by atoms with Crippen LogP contribution in [0.15, 0.2) is 36.7 Å². The molecule has 0 bridgehead atoms. The zero-order chi connectivity index (χ0) is 19.8. The number of Topliss-reactive ketones (excluding diaryl/α,β-unsaturated/α-hetero) is 1. The average Bonchev–Trinajstić information content (AvgIpc) is 3.24. The summed E-state index contributed by atoms with van der Waals surface area (Å²) in [6.07, 6.45) is 1.60. The molecule has 4 rings (SSSR count). The van der Waals surface area contributed by atoms with Gasteiger partial charge >= 0.3 is 0 Å². The molecule has 1 aliphatic rings. The Hall–Kier alpha value is -3.73. The number of halogens is 1. The Morgan fingerprint density at radius 1 is 1.32 bits per heavy atom. The van der Waals surface area contributed by atoms with E-state index >= 15 is 0 Å². The van der Waals surface area contributed by atoms with Crippen molar-refractivity contribution in [2.75, 3.05) is 19.0 Å². The van der Waals surface area contributed by atoms with E-state index in [4.69, 9.17) is 11.0 Å². The molecule has 140 valence electrons. The Kier molecular flexibility index (Phi) is 4.28. The number of hydrogen-bond donors (Lipinski definition) is 1. The average molecular weight is 377 g/mol. The highest BCUT2D eigenvalue weighted by Gasteiger charge is 2.32. The van der Waals surface area contributed by atoms with Gasteiger partial charge in [-0.05, 0) is 34.9 Å². The number of anilines is 1. The van der Waals surface area contributed by atoms with E-state index in [1.807, 2.05) is 24.3 Å². The van der Waals surface area contributed by atoms with Gasteiger partial charge in [0.1, 0.15) is 12.7 Å². The number of carbonyl (C=O) groups excluding carboxylic acids is 2. The molecule has 8 heteroatoms. The molecule has 0 saturated heterocycles. The number of nitrogens with two attached hydrogens (primary N) is 1. The minimum absolute atomic E-state index is 0.198. The molecule has 0 saturated carbocycles. The summed E-state index contributed by atoms with van der Waals surface area (Å²) < 4.78 is 14.5. The Morgan fingerprint density at radius 2 is 2.14 bits per heavy atom. The highest BCUT2D eigenvalue weighted by molar-refractivity contribution is 6.07. The van der Waals surface area contributed by atoms with Crippen LogP contribution in [-0.2, 0) is 17.9 Å². The molecule has 7 nitrogen and oxygen atoms in total. The number of imidazole rings is 1. The predicted octanol–water partition coefficient (Wildman–Crippen LogP) is 2.30. The highest BCUT2D eigenvalue weighted by atomic mass is 19.1. The van der Waals surface area contributed by atoms with E-state index in [-0.39, 0.29) is 25.5 Å². The van der Waals surface area contributed by atoms with Crippen LogP contribution < -0.4 is 5.73 Å². The third-order valence-electron chi connectivity index (χ3n) is 4.91. The van der Waals surface area contributed by atoms with Crippen LogP contribution in [-0.4, -0.2) is 39.4 Å². The number of nitriles is 1. The number of carbonyl (C=O) groups is 2.